The lowest BCUT2D eigenvalue weighted by Gasteiger charge is -2.26. The Morgan fingerprint density at radius 3 is 2.67 bits per heavy atom. The predicted molar refractivity (Wildman–Crippen MR) is 98.9 cm³/mol. The van der Waals surface area contributed by atoms with Gasteiger partial charge in [-0.25, -0.2) is 8.42 Å². The maximum atomic E-state index is 13.0. The van der Waals surface area contributed by atoms with E-state index < -0.39 is 26.9 Å². The minimum absolute atomic E-state index is 0.199. The number of sulfone groups is 1. The number of morpholine rings is 1. The van der Waals surface area contributed by atoms with Crippen molar-refractivity contribution < 1.29 is 22.7 Å². The summed E-state index contributed by atoms with van der Waals surface area (Å²) in [5.74, 6) is -1.51. The SMILES string of the molecule is O=C(NC[C@@H](c1cccnc1)S(=O)(=O)c1cccs1)C(=O)N1CCOCC1. The van der Waals surface area contributed by atoms with Crippen LogP contribution in [0.4, 0.5) is 0 Å². The molecule has 2 aromatic heterocycles. The van der Waals surface area contributed by atoms with E-state index in [9.17, 15) is 18.0 Å². The van der Waals surface area contributed by atoms with E-state index in [1.165, 1.54) is 17.2 Å². The first kappa shape index (κ1) is 19.5. The van der Waals surface area contributed by atoms with Crippen LogP contribution >= 0.6 is 11.3 Å². The molecule has 1 atom stereocenters. The molecule has 0 aromatic carbocycles. The van der Waals surface area contributed by atoms with Crippen molar-refractivity contribution >= 4 is 33.0 Å². The third-order valence-corrected chi connectivity index (χ3v) is 7.68. The minimum Gasteiger partial charge on any atom is -0.378 e. The quantitative estimate of drug-likeness (QED) is 0.727. The number of carbonyl (C=O) groups is 2. The number of rotatable bonds is 5. The molecule has 1 fully saturated rings. The van der Waals surface area contributed by atoms with Crippen LogP contribution in [0.1, 0.15) is 10.8 Å². The van der Waals surface area contributed by atoms with Crippen LogP contribution < -0.4 is 5.32 Å². The second-order valence-electron chi connectivity index (χ2n) is 5.87. The van der Waals surface area contributed by atoms with E-state index in [0.717, 1.165) is 11.3 Å². The van der Waals surface area contributed by atoms with Gasteiger partial charge in [-0.1, -0.05) is 12.1 Å². The number of aromatic nitrogens is 1. The fraction of sp³-hybridized carbons (Fsp3) is 0.353. The van der Waals surface area contributed by atoms with Crippen molar-refractivity contribution in [3.8, 4) is 0 Å². The van der Waals surface area contributed by atoms with Crippen LogP contribution in [-0.2, 0) is 24.2 Å². The van der Waals surface area contributed by atoms with Crippen molar-refractivity contribution in [2.75, 3.05) is 32.8 Å². The molecule has 0 radical (unpaired) electrons. The number of amides is 2. The summed E-state index contributed by atoms with van der Waals surface area (Å²) >= 11 is 1.11. The molecule has 1 saturated heterocycles. The zero-order chi connectivity index (χ0) is 19.3. The standard InChI is InChI=1S/C17H19N3O5S2/c21-16(17(22)20-6-8-25-9-7-20)19-12-14(13-3-1-5-18-11-13)27(23,24)15-4-2-10-26-15/h1-5,10-11,14H,6-9,12H2,(H,19,21)/t14-/m0/s1. The number of ether oxygens (including phenoxy) is 1. The van der Waals surface area contributed by atoms with Gasteiger partial charge in [-0.2, -0.15) is 0 Å². The van der Waals surface area contributed by atoms with Crippen LogP contribution in [0.5, 0.6) is 0 Å². The summed E-state index contributed by atoms with van der Waals surface area (Å²) in [6, 6.07) is 6.44. The van der Waals surface area contributed by atoms with Gasteiger partial charge in [0.25, 0.3) is 0 Å². The van der Waals surface area contributed by atoms with E-state index in [4.69, 9.17) is 4.74 Å². The van der Waals surface area contributed by atoms with Crippen LogP contribution in [0, 0.1) is 0 Å². The third-order valence-electron chi connectivity index (χ3n) is 4.15. The molecule has 8 nitrogen and oxygen atoms in total. The number of pyridine rings is 1. The minimum atomic E-state index is -3.74. The largest absolute Gasteiger partial charge is 0.378 e. The van der Waals surface area contributed by atoms with E-state index in [-0.39, 0.29) is 10.8 Å². The summed E-state index contributed by atoms with van der Waals surface area (Å²) in [4.78, 5) is 29.8. The molecule has 0 saturated carbocycles. The van der Waals surface area contributed by atoms with Gasteiger partial charge in [-0.05, 0) is 23.1 Å². The molecular weight excluding hydrogens is 390 g/mol. The zero-order valence-corrected chi connectivity index (χ0v) is 16.0. The molecule has 3 heterocycles. The Kier molecular flexibility index (Phi) is 6.19. The van der Waals surface area contributed by atoms with E-state index in [2.05, 4.69) is 10.3 Å². The topological polar surface area (TPSA) is 106 Å². The molecule has 144 valence electrons. The van der Waals surface area contributed by atoms with Gasteiger partial charge in [-0.3, -0.25) is 14.6 Å². The van der Waals surface area contributed by atoms with Gasteiger partial charge in [-0.15, -0.1) is 11.3 Å². The Labute approximate surface area is 161 Å². The maximum absolute atomic E-state index is 13.0. The molecule has 3 rings (SSSR count). The molecule has 0 unspecified atom stereocenters. The van der Waals surface area contributed by atoms with Crippen molar-refractivity contribution in [1.82, 2.24) is 15.2 Å². The number of hydrogen-bond donors (Lipinski definition) is 1. The Morgan fingerprint density at radius 2 is 2.04 bits per heavy atom. The fourth-order valence-electron chi connectivity index (χ4n) is 2.71. The lowest BCUT2D eigenvalue weighted by Crippen LogP contribution is -2.48. The monoisotopic (exact) mass is 409 g/mol. The Hall–Kier alpha value is -2.30. The van der Waals surface area contributed by atoms with E-state index in [0.29, 0.717) is 31.9 Å². The van der Waals surface area contributed by atoms with Crippen molar-refractivity contribution in [2.24, 2.45) is 0 Å². The second-order valence-corrected chi connectivity index (χ2v) is 9.17. The first-order chi connectivity index (χ1) is 13.0. The summed E-state index contributed by atoms with van der Waals surface area (Å²) < 4.78 is 31.4. The molecule has 1 aliphatic rings. The lowest BCUT2D eigenvalue weighted by atomic mass is 10.2. The molecule has 1 aliphatic heterocycles. The third kappa shape index (κ3) is 4.52. The van der Waals surface area contributed by atoms with Gasteiger partial charge < -0.3 is 15.0 Å². The average Bonchev–Trinajstić information content (AvgIpc) is 3.24. The lowest BCUT2D eigenvalue weighted by molar-refractivity contribution is -0.148. The highest BCUT2D eigenvalue weighted by atomic mass is 32.2. The summed E-state index contributed by atoms with van der Waals surface area (Å²) in [5, 5.41) is 3.11. The highest BCUT2D eigenvalue weighted by Gasteiger charge is 2.32. The van der Waals surface area contributed by atoms with Gasteiger partial charge in [0.2, 0.25) is 0 Å². The van der Waals surface area contributed by atoms with Crippen molar-refractivity contribution in [1.29, 1.82) is 0 Å². The summed E-state index contributed by atoms with van der Waals surface area (Å²) in [5.41, 5.74) is 0.449. The Balaban J connectivity index is 1.76. The van der Waals surface area contributed by atoms with Gasteiger partial charge in [0.1, 0.15) is 9.46 Å². The van der Waals surface area contributed by atoms with E-state index >= 15 is 0 Å². The van der Waals surface area contributed by atoms with Gasteiger partial charge in [0.05, 0.1) is 13.2 Å². The Bertz CT molecular complexity index is 879. The predicted octanol–water partition coefficient (Wildman–Crippen LogP) is 0.633. The summed E-state index contributed by atoms with van der Waals surface area (Å²) in [6.45, 7) is 1.21. The number of thiophene rings is 1. The normalized spacial score (nSPS) is 15.9. The molecule has 2 aromatic rings. The van der Waals surface area contributed by atoms with Crippen molar-refractivity contribution in [3.05, 3.63) is 47.6 Å². The van der Waals surface area contributed by atoms with E-state index in [1.807, 2.05) is 0 Å². The molecular formula is C17H19N3O5S2. The summed E-state index contributed by atoms with van der Waals surface area (Å²) in [6.07, 6.45) is 2.99. The van der Waals surface area contributed by atoms with Crippen LogP contribution in [0.2, 0.25) is 0 Å². The molecule has 0 bridgehead atoms. The second kappa shape index (κ2) is 8.59. The van der Waals surface area contributed by atoms with Gasteiger partial charge >= 0.3 is 11.8 Å². The molecule has 1 N–H and O–H groups in total. The summed E-state index contributed by atoms with van der Waals surface area (Å²) in [7, 11) is -3.74. The van der Waals surface area contributed by atoms with Crippen LogP contribution in [-0.4, -0.2) is 63.0 Å². The highest BCUT2D eigenvalue weighted by molar-refractivity contribution is 7.93. The van der Waals surface area contributed by atoms with Crippen molar-refractivity contribution in [2.45, 2.75) is 9.46 Å². The first-order valence-corrected chi connectivity index (χ1v) is 10.7. The van der Waals surface area contributed by atoms with Gasteiger partial charge in [0.15, 0.2) is 9.84 Å². The maximum Gasteiger partial charge on any atom is 0.312 e. The zero-order valence-electron chi connectivity index (χ0n) is 14.4. The van der Waals surface area contributed by atoms with Gasteiger partial charge in [0, 0.05) is 32.0 Å². The van der Waals surface area contributed by atoms with Crippen LogP contribution in [0.15, 0.2) is 46.2 Å². The Morgan fingerprint density at radius 1 is 1.26 bits per heavy atom. The van der Waals surface area contributed by atoms with Crippen molar-refractivity contribution in [3.63, 3.8) is 0 Å². The number of nitrogens with zero attached hydrogens (tertiary/aromatic N) is 2. The molecule has 10 heteroatoms. The number of hydrogen-bond acceptors (Lipinski definition) is 7. The fourth-order valence-corrected chi connectivity index (χ4v) is 5.56. The average molecular weight is 409 g/mol. The number of carbonyl (C=O) groups excluding carboxylic acids is 2. The highest BCUT2D eigenvalue weighted by Crippen LogP contribution is 2.30. The molecule has 0 aliphatic carbocycles. The molecule has 0 spiro atoms. The van der Waals surface area contributed by atoms with Crippen LogP contribution in [0.25, 0.3) is 0 Å². The molecule has 27 heavy (non-hydrogen) atoms. The van der Waals surface area contributed by atoms with E-state index in [1.54, 1.807) is 29.8 Å². The first-order valence-electron chi connectivity index (χ1n) is 8.32. The van der Waals surface area contributed by atoms with Crippen LogP contribution in [0.3, 0.4) is 0 Å². The number of nitrogens with one attached hydrogen (secondary N) is 1. The molecule has 2 amide bonds. The smallest absolute Gasteiger partial charge is 0.312 e.